The van der Waals surface area contributed by atoms with Gasteiger partial charge < -0.3 is 15.1 Å². The smallest absolute Gasteiger partial charge is 0.417 e. The van der Waals surface area contributed by atoms with Crippen molar-refractivity contribution < 1.29 is 28.3 Å². The van der Waals surface area contributed by atoms with E-state index in [0.717, 1.165) is 21.6 Å². The number of nitrogens with one attached hydrogen (secondary N) is 1. The molecule has 1 atom stereocenters. The maximum atomic E-state index is 12.5. The van der Waals surface area contributed by atoms with E-state index < -0.39 is 19.9 Å². The molecule has 34 heavy (non-hydrogen) atoms. The van der Waals surface area contributed by atoms with E-state index in [-0.39, 0.29) is 17.1 Å². The van der Waals surface area contributed by atoms with Crippen LogP contribution < -0.4 is 4.72 Å². The number of rotatable bonds is 7. The van der Waals surface area contributed by atoms with Gasteiger partial charge in [-0.25, -0.2) is 0 Å². The summed E-state index contributed by atoms with van der Waals surface area (Å²) in [6.45, 7) is 3.68. The van der Waals surface area contributed by atoms with Gasteiger partial charge in [0, 0.05) is 18.6 Å². The largest absolute Gasteiger partial charge is 0.504 e. The topological polar surface area (TPSA) is 96.5 Å². The lowest BCUT2D eigenvalue weighted by molar-refractivity contribution is -0.137. The van der Waals surface area contributed by atoms with E-state index in [9.17, 15) is 28.3 Å². The number of aromatic hydroxyl groups is 2. The lowest BCUT2D eigenvalue weighted by Crippen LogP contribution is -2.08. The van der Waals surface area contributed by atoms with E-state index in [4.69, 9.17) is 5.26 Å². The zero-order valence-corrected chi connectivity index (χ0v) is 21.0. The number of hydrogen-bond acceptors (Lipinski definition) is 7. The van der Waals surface area contributed by atoms with Crippen LogP contribution in [0.4, 0.5) is 13.2 Å². The number of nitrogens with zero attached hydrogens (tertiary/aromatic N) is 1. The normalized spacial score (nSPS) is 11.9. The minimum absolute atomic E-state index is 0.0960. The van der Waals surface area contributed by atoms with Gasteiger partial charge >= 0.3 is 6.18 Å². The fraction of sp³-hybridized carbons (Fsp3) is 0.261. The molecule has 0 aliphatic carbocycles. The highest BCUT2D eigenvalue weighted by Gasteiger charge is 2.33. The molecule has 5 nitrogen and oxygen atoms in total. The number of aryl methyl sites for hydroxylation is 1. The van der Waals surface area contributed by atoms with E-state index in [1.165, 1.54) is 35.4 Å². The van der Waals surface area contributed by atoms with Crippen LogP contribution in [0.15, 0.2) is 52.7 Å². The maximum Gasteiger partial charge on any atom is 0.417 e. The van der Waals surface area contributed by atoms with Crippen molar-refractivity contribution in [3.63, 3.8) is 0 Å². The third kappa shape index (κ3) is 8.19. The number of benzene rings is 2. The highest BCUT2D eigenvalue weighted by molar-refractivity contribution is 7.99. The predicted molar refractivity (Wildman–Crippen MR) is 132 cm³/mol. The summed E-state index contributed by atoms with van der Waals surface area (Å²) < 4.78 is 41.6. The van der Waals surface area contributed by atoms with Crippen LogP contribution >= 0.6 is 31.4 Å². The first-order valence-corrected chi connectivity index (χ1v) is 13.6. The molecule has 0 aliphatic heterocycles. The van der Waals surface area contributed by atoms with Gasteiger partial charge in [0.15, 0.2) is 11.5 Å². The molecule has 2 aromatic carbocycles. The second-order valence-corrected chi connectivity index (χ2v) is 11.0. The third-order valence-corrected chi connectivity index (χ3v) is 7.24. The molecule has 0 aliphatic rings. The molecule has 0 spiro atoms. The Morgan fingerprint density at radius 2 is 1.88 bits per heavy atom. The molecule has 0 saturated heterocycles. The van der Waals surface area contributed by atoms with Crippen molar-refractivity contribution >= 4 is 31.4 Å². The molecule has 0 bridgehead atoms. The summed E-state index contributed by atoms with van der Waals surface area (Å²) in [5, 5.41) is 27.8. The third-order valence-electron chi connectivity index (χ3n) is 4.38. The summed E-state index contributed by atoms with van der Waals surface area (Å²) in [7, 11) is -0.944. The van der Waals surface area contributed by atoms with Crippen LogP contribution in [0.3, 0.4) is 0 Å². The second kappa shape index (κ2) is 13.0. The lowest BCUT2D eigenvalue weighted by Gasteiger charge is -2.10. The monoisotopic (exact) mass is 528 g/mol. The van der Waals surface area contributed by atoms with Crippen LogP contribution in [0.25, 0.3) is 10.4 Å². The predicted octanol–water partition coefficient (Wildman–Crippen LogP) is 6.93. The Bertz CT molecular complexity index is 1130. The summed E-state index contributed by atoms with van der Waals surface area (Å²) in [5.41, 5.74) is 0.0823. The SMILES string of the molecule is CCCc1ccc(C#N)c(C(F)(F)F)c1.CP(O)CNSc1ccc(-c2cccc(O)c2O)s1. The molecule has 1 aromatic heterocycles. The standard InChI is InChI=1S/C12H14NO3PS2.C11H10F3N/c1-17(16)7-13-19-11-6-5-10(18-11)8-3-2-4-9(14)12(8)15;1-2-3-8-4-5-9(7-15)10(6-8)11(12,13)14/h2-6,13-16H,7H2,1H3;4-6H,2-3H2,1H3. The van der Waals surface area contributed by atoms with Gasteiger partial charge in [-0.05, 0) is 67.0 Å². The highest BCUT2D eigenvalue weighted by atomic mass is 32.2. The molecule has 0 fully saturated rings. The average Bonchev–Trinajstić information content (AvgIpc) is 3.24. The molecular weight excluding hydrogens is 504 g/mol. The molecule has 3 aromatic rings. The lowest BCUT2D eigenvalue weighted by atomic mass is 10.0. The summed E-state index contributed by atoms with van der Waals surface area (Å²) in [4.78, 5) is 10.1. The van der Waals surface area contributed by atoms with Gasteiger partial charge in [0.05, 0.1) is 27.7 Å². The van der Waals surface area contributed by atoms with Crippen LogP contribution in [0.5, 0.6) is 11.5 Å². The van der Waals surface area contributed by atoms with Gasteiger partial charge in [0.2, 0.25) is 0 Å². The minimum atomic E-state index is -4.45. The second-order valence-electron chi connectivity index (χ2n) is 7.09. The number of nitriles is 1. The molecule has 1 unspecified atom stereocenters. The minimum Gasteiger partial charge on any atom is -0.504 e. The Hall–Kier alpha value is -2.28. The number of para-hydroxylation sites is 1. The maximum absolute atomic E-state index is 12.5. The summed E-state index contributed by atoms with van der Waals surface area (Å²) in [6.07, 6.45) is -2.50. The Kier molecular flexibility index (Phi) is 10.7. The average molecular weight is 529 g/mol. The highest BCUT2D eigenvalue weighted by Crippen LogP contribution is 2.41. The van der Waals surface area contributed by atoms with Gasteiger partial charge in [-0.1, -0.05) is 25.5 Å². The van der Waals surface area contributed by atoms with E-state index in [2.05, 4.69) is 4.72 Å². The Morgan fingerprint density at radius 1 is 1.15 bits per heavy atom. The molecule has 0 radical (unpaired) electrons. The number of alkyl halides is 3. The van der Waals surface area contributed by atoms with E-state index in [0.29, 0.717) is 23.8 Å². The van der Waals surface area contributed by atoms with Crippen molar-refractivity contribution in [2.45, 2.75) is 30.2 Å². The quantitative estimate of drug-likeness (QED) is 0.151. The fourth-order valence-electron chi connectivity index (χ4n) is 2.81. The fourth-order valence-corrected chi connectivity index (χ4v) is 5.47. The first kappa shape index (κ1) is 28.0. The first-order chi connectivity index (χ1) is 16.1. The van der Waals surface area contributed by atoms with E-state index in [1.54, 1.807) is 30.9 Å². The van der Waals surface area contributed by atoms with Crippen molar-refractivity contribution in [2.24, 2.45) is 0 Å². The number of phenolic OH excluding ortho intramolecular Hbond substituents is 2. The van der Waals surface area contributed by atoms with E-state index >= 15 is 0 Å². The van der Waals surface area contributed by atoms with Gasteiger partial charge in [0.25, 0.3) is 0 Å². The number of hydrogen-bond donors (Lipinski definition) is 4. The molecule has 182 valence electrons. The number of phenols is 2. The Labute approximate surface area is 205 Å². The molecule has 3 rings (SSSR count). The van der Waals surface area contributed by atoms with Crippen LogP contribution in [-0.2, 0) is 12.6 Å². The number of halogens is 3. The van der Waals surface area contributed by atoms with Gasteiger partial charge in [-0.2, -0.15) is 18.4 Å². The van der Waals surface area contributed by atoms with Crippen molar-refractivity contribution in [3.05, 3.63) is 65.2 Å². The summed E-state index contributed by atoms with van der Waals surface area (Å²) in [5.74, 6) is -0.212. The van der Waals surface area contributed by atoms with Crippen molar-refractivity contribution in [1.29, 1.82) is 5.26 Å². The van der Waals surface area contributed by atoms with Gasteiger partial charge in [-0.3, -0.25) is 4.72 Å². The molecule has 11 heteroatoms. The van der Waals surface area contributed by atoms with Crippen molar-refractivity contribution in [3.8, 4) is 28.0 Å². The molecule has 0 amide bonds. The van der Waals surface area contributed by atoms with Crippen LogP contribution in [0.1, 0.15) is 30.0 Å². The summed E-state index contributed by atoms with van der Waals surface area (Å²) in [6, 6.07) is 14.2. The van der Waals surface area contributed by atoms with Crippen LogP contribution in [0, 0.1) is 11.3 Å². The molecular formula is C23H24F3N2O3PS2. The van der Waals surface area contributed by atoms with Crippen molar-refractivity contribution in [1.82, 2.24) is 4.72 Å². The van der Waals surface area contributed by atoms with Gasteiger partial charge in [0.1, 0.15) is 0 Å². The van der Waals surface area contributed by atoms with Crippen molar-refractivity contribution in [2.75, 3.05) is 13.0 Å². The Balaban J connectivity index is 0.000000248. The first-order valence-electron chi connectivity index (χ1n) is 10.1. The Morgan fingerprint density at radius 3 is 2.50 bits per heavy atom. The van der Waals surface area contributed by atoms with Gasteiger partial charge in [-0.15, -0.1) is 11.3 Å². The molecule has 4 N–H and O–H groups in total. The zero-order chi connectivity index (χ0) is 25.3. The van der Waals surface area contributed by atoms with Crippen LogP contribution in [0.2, 0.25) is 0 Å². The zero-order valence-electron chi connectivity index (χ0n) is 18.4. The number of thiophene rings is 1. The van der Waals surface area contributed by atoms with E-state index in [1.807, 2.05) is 19.1 Å². The molecule has 0 saturated carbocycles. The molecule has 1 heterocycles. The van der Waals surface area contributed by atoms with Crippen LogP contribution in [-0.4, -0.2) is 28.1 Å². The summed E-state index contributed by atoms with van der Waals surface area (Å²) >= 11 is 2.97.